The largest absolute Gasteiger partial charge is 0.478 e. The summed E-state index contributed by atoms with van der Waals surface area (Å²) in [7, 11) is 0. The number of ether oxygens (including phenoxy) is 4. The van der Waals surface area contributed by atoms with Gasteiger partial charge in [-0.3, -0.25) is 28.8 Å². The molecule has 18 atom stereocenters. The van der Waals surface area contributed by atoms with Crippen molar-refractivity contribution < 1.29 is 72.2 Å². The minimum absolute atomic E-state index is 0.0220. The quantitative estimate of drug-likeness (QED) is 0.0602. The van der Waals surface area contributed by atoms with Gasteiger partial charge in [-0.05, 0) is 168 Å². The summed E-state index contributed by atoms with van der Waals surface area (Å²) < 4.78 is 41.6. The number of hydrogen-bond acceptors (Lipinski definition) is 13. The minimum atomic E-state index is -2.07. The van der Waals surface area contributed by atoms with E-state index in [2.05, 4.69) is 27.7 Å². The van der Waals surface area contributed by atoms with Crippen LogP contribution in [0.5, 0.6) is 0 Å². The van der Waals surface area contributed by atoms with E-state index in [4.69, 9.17) is 18.9 Å². The Labute approximate surface area is 468 Å². The number of aliphatic hydroxyl groups excluding tert-OH is 2. The normalized spacial score (nSPS) is 42.1. The first kappa shape index (κ1) is 62.1. The first-order valence-corrected chi connectivity index (χ1v) is 29.8. The van der Waals surface area contributed by atoms with Crippen LogP contribution >= 0.6 is 0 Å². The van der Waals surface area contributed by atoms with Gasteiger partial charge in [-0.15, -0.1) is 0 Å². The zero-order chi connectivity index (χ0) is 58.6. The van der Waals surface area contributed by atoms with Crippen LogP contribution in [-0.4, -0.2) is 99.0 Å². The number of carboxylic acid groups (broad SMARTS) is 1. The van der Waals surface area contributed by atoms with Gasteiger partial charge in [0.25, 0.3) is 0 Å². The third kappa shape index (κ3) is 10.2. The molecule has 7 fully saturated rings. The van der Waals surface area contributed by atoms with Crippen molar-refractivity contribution >= 4 is 41.4 Å². The maximum Gasteiger partial charge on any atom is 0.331 e. The monoisotopic (exact) mass is 1100 g/mol. The number of alkyl halides is 1. The number of aliphatic hydroxyl groups is 2. The van der Waals surface area contributed by atoms with Crippen molar-refractivity contribution in [1.29, 1.82) is 0 Å². The fourth-order valence-electron chi connectivity index (χ4n) is 18.4. The highest BCUT2D eigenvalue weighted by atomic mass is 19.1. The molecule has 8 rings (SSSR count). The first-order valence-electron chi connectivity index (χ1n) is 29.8. The minimum Gasteiger partial charge on any atom is -0.478 e. The van der Waals surface area contributed by atoms with E-state index in [1.54, 1.807) is 26.8 Å². The molecule has 0 spiro atoms. The van der Waals surface area contributed by atoms with E-state index in [9.17, 15) is 48.9 Å². The van der Waals surface area contributed by atoms with Crippen molar-refractivity contribution in [3.05, 3.63) is 46.6 Å². The van der Waals surface area contributed by atoms with Crippen molar-refractivity contribution in [2.24, 2.45) is 68.5 Å². The summed E-state index contributed by atoms with van der Waals surface area (Å²) in [5.41, 5.74) is -3.85. The lowest BCUT2D eigenvalue weighted by molar-refractivity contribution is -0.236. The summed E-state index contributed by atoms with van der Waals surface area (Å²) in [4.78, 5) is 89.3. The molecule has 0 bridgehead atoms. The average Bonchev–Trinajstić information content (AvgIpc) is 3.40. The lowest BCUT2D eigenvalue weighted by Crippen LogP contribution is -2.70. The molecular formula is C64H93FO14. The van der Waals surface area contributed by atoms with Crippen LogP contribution in [0.2, 0.25) is 0 Å². The second-order valence-corrected chi connectivity index (χ2v) is 26.6. The molecule has 3 N–H and O–H groups in total. The Morgan fingerprint density at radius 2 is 1.47 bits per heavy atom. The van der Waals surface area contributed by atoms with Gasteiger partial charge >= 0.3 is 29.8 Å². The Morgan fingerprint density at radius 3 is 2.09 bits per heavy atom. The Kier molecular flexibility index (Phi) is 18.1. The second kappa shape index (κ2) is 23.0. The SMILES string of the molecule is CC(=O)O[C@H]1C[C@@]2(C)[C@H](C[C@@H](O)C3[C@@]4(C)CC[C@@H](O)[C@@H](C)C4CC[C@@]32C)C1=C(CCC=C(C)C)C(=O)O.CCCCC(=O)O[C@H]1C[C@@]2(C)[C@@H](C[C@H](C)[C@]2(OC(=O)CC)C(=O)COC(=O)CC)[C@@H]2CCC3=CC(=O)C=C[C@]3(C)C12F. The molecule has 8 aliphatic carbocycles. The highest BCUT2D eigenvalue weighted by molar-refractivity contribution is 6.01. The number of carbonyl (C=O) groups is 7. The molecule has 0 aliphatic heterocycles. The van der Waals surface area contributed by atoms with E-state index in [1.807, 2.05) is 40.7 Å². The first-order chi connectivity index (χ1) is 36.9. The van der Waals surface area contributed by atoms with Gasteiger partial charge in [-0.2, -0.15) is 0 Å². The fraction of sp³-hybridized carbons (Fsp3) is 0.766. The van der Waals surface area contributed by atoms with E-state index in [0.29, 0.717) is 68.4 Å². The van der Waals surface area contributed by atoms with Crippen molar-refractivity contribution in [3.63, 3.8) is 0 Å². The topological polar surface area (TPSA) is 217 Å². The third-order valence-corrected chi connectivity index (χ3v) is 22.4. The number of esters is 4. The van der Waals surface area contributed by atoms with Crippen LogP contribution in [0.1, 0.15) is 199 Å². The number of halogens is 1. The number of hydrogen-bond donors (Lipinski definition) is 3. The standard InChI is InChI=1S/C33H45FO8.C31H48O6/c1-7-10-11-29(39)41-26-18-31(6)24(23-13-12-21-17-22(35)14-15-30(21,5)32(23,26)34)16-20(4)33(31,42-28(38)9-3)25(36)19-40-27(37)8-2;1-17(2)9-8-10-20(28(35)36)26-22-15-24(34)27-29(5)13-12-23(33)18(3)21(29)11-14-30(27,6)31(22,7)16-25(26)37-19(4)32/h14-15,17,20,23-24,26H,7-13,16,18-19H2,1-6H3;9,18,21-25,27,33-34H,8,10-16H2,1-7H3,(H,35,36)/t20-,23-,24-,26-,30-,31-,32?,33-;18-,21?,22+,23+,24+,25-,27?,29-,30-,31-/m00/s1. The summed E-state index contributed by atoms with van der Waals surface area (Å²) in [5, 5.41) is 32.9. The maximum absolute atomic E-state index is 18.3. The van der Waals surface area contributed by atoms with Gasteiger partial charge in [0.15, 0.2) is 23.7 Å². The zero-order valence-electron chi connectivity index (χ0n) is 49.6. The predicted molar refractivity (Wildman–Crippen MR) is 294 cm³/mol. The molecular weight excluding hydrogens is 1010 g/mol. The number of allylic oxidation sites excluding steroid dienone is 6. The van der Waals surface area contributed by atoms with E-state index in [1.165, 1.54) is 19.1 Å². The molecule has 0 aromatic carbocycles. The number of carbonyl (C=O) groups excluding carboxylic acids is 6. The fourth-order valence-corrected chi connectivity index (χ4v) is 18.4. The van der Waals surface area contributed by atoms with Crippen LogP contribution in [0, 0.1) is 68.5 Å². The molecule has 440 valence electrons. The number of aliphatic carboxylic acids is 1. The number of fused-ring (bicyclic) bond motifs is 10. The molecule has 0 saturated heterocycles. The number of rotatable bonds is 15. The van der Waals surface area contributed by atoms with Gasteiger partial charge in [0, 0.05) is 54.4 Å². The van der Waals surface area contributed by atoms with Crippen molar-refractivity contribution in [3.8, 4) is 0 Å². The molecule has 0 amide bonds. The maximum atomic E-state index is 18.3. The van der Waals surface area contributed by atoms with Crippen LogP contribution in [0.15, 0.2) is 46.6 Å². The third-order valence-electron chi connectivity index (χ3n) is 22.4. The van der Waals surface area contributed by atoms with E-state index in [0.717, 1.165) is 43.3 Å². The summed E-state index contributed by atoms with van der Waals surface area (Å²) in [5.74, 6) is -4.90. The van der Waals surface area contributed by atoms with Gasteiger partial charge in [-0.1, -0.05) is 92.0 Å². The summed E-state index contributed by atoms with van der Waals surface area (Å²) in [6.07, 6.45) is 12.2. The van der Waals surface area contributed by atoms with Gasteiger partial charge < -0.3 is 34.3 Å². The lowest BCUT2D eigenvalue weighted by atomic mass is 9.36. The Morgan fingerprint density at radius 1 is 0.785 bits per heavy atom. The van der Waals surface area contributed by atoms with Crippen LogP contribution in [0.4, 0.5) is 4.39 Å². The second-order valence-electron chi connectivity index (χ2n) is 26.6. The highest BCUT2D eigenvalue weighted by Gasteiger charge is 2.78. The van der Waals surface area contributed by atoms with Crippen molar-refractivity contribution in [1.82, 2.24) is 0 Å². The molecule has 3 unspecified atom stereocenters. The van der Waals surface area contributed by atoms with Crippen LogP contribution in [0.25, 0.3) is 0 Å². The van der Waals surface area contributed by atoms with Gasteiger partial charge in [-0.25, -0.2) is 9.18 Å². The summed E-state index contributed by atoms with van der Waals surface area (Å²) in [6.45, 7) is 24.5. The van der Waals surface area contributed by atoms with E-state index < -0.39 is 100 Å². The number of unbranched alkanes of at least 4 members (excludes halogenated alkanes) is 1. The lowest BCUT2D eigenvalue weighted by Gasteiger charge is -2.69. The molecule has 0 aromatic heterocycles. The predicted octanol–water partition coefficient (Wildman–Crippen LogP) is 11.2. The molecule has 8 aliphatic rings. The molecule has 0 radical (unpaired) electrons. The number of carboxylic acids is 1. The molecule has 0 heterocycles. The number of Topliss-reactive ketones (excluding diaryl/α,β-unsaturated/α-hetero) is 1. The molecule has 0 aromatic rings. The highest BCUT2D eigenvalue weighted by Crippen LogP contribution is 2.75. The van der Waals surface area contributed by atoms with Crippen molar-refractivity contribution in [2.75, 3.05) is 6.61 Å². The molecule has 15 heteroatoms. The summed E-state index contributed by atoms with van der Waals surface area (Å²) in [6, 6.07) is 0. The van der Waals surface area contributed by atoms with Crippen LogP contribution in [-0.2, 0) is 52.5 Å². The molecule has 14 nitrogen and oxygen atoms in total. The zero-order valence-corrected chi connectivity index (χ0v) is 49.6. The van der Waals surface area contributed by atoms with Crippen LogP contribution < -0.4 is 0 Å². The molecule has 7 saturated carbocycles. The summed E-state index contributed by atoms with van der Waals surface area (Å²) >= 11 is 0. The Bertz CT molecular complexity index is 2540. The van der Waals surface area contributed by atoms with E-state index >= 15 is 4.39 Å². The average molecular weight is 1110 g/mol. The smallest absolute Gasteiger partial charge is 0.331 e. The van der Waals surface area contributed by atoms with Gasteiger partial charge in [0.05, 0.1) is 12.2 Å². The van der Waals surface area contributed by atoms with Gasteiger partial charge in [0.2, 0.25) is 5.78 Å². The van der Waals surface area contributed by atoms with Gasteiger partial charge in [0.1, 0.15) is 12.2 Å². The Hall–Kier alpha value is -4.50. The molecule has 79 heavy (non-hydrogen) atoms. The number of ketones is 2. The Balaban J connectivity index is 0.000000230. The van der Waals surface area contributed by atoms with Crippen LogP contribution in [0.3, 0.4) is 0 Å². The van der Waals surface area contributed by atoms with E-state index in [-0.39, 0.29) is 71.6 Å². The van der Waals surface area contributed by atoms with Crippen molar-refractivity contribution in [2.45, 2.75) is 235 Å².